The first-order valence-corrected chi connectivity index (χ1v) is 8.18. The van der Waals surface area contributed by atoms with Crippen molar-refractivity contribution in [1.29, 1.82) is 0 Å². The number of aryl methyl sites for hydroxylation is 1. The molecule has 2 bridgehead atoms. The van der Waals surface area contributed by atoms with Crippen LogP contribution in [0.25, 0.3) is 0 Å². The maximum Gasteiger partial charge on any atom is 0.0549 e. The van der Waals surface area contributed by atoms with Gasteiger partial charge in [0.25, 0.3) is 0 Å². The van der Waals surface area contributed by atoms with E-state index in [-0.39, 0.29) is 0 Å². The lowest BCUT2D eigenvalue weighted by atomic mass is 9.96. The fraction of sp³-hybridized carbons (Fsp3) is 0.812. The van der Waals surface area contributed by atoms with Crippen LogP contribution in [0.2, 0.25) is 0 Å². The van der Waals surface area contributed by atoms with Gasteiger partial charge in [-0.1, -0.05) is 6.92 Å². The number of hydrogen-bond acceptors (Lipinski definition) is 3. The minimum absolute atomic E-state index is 0.463. The summed E-state index contributed by atoms with van der Waals surface area (Å²) in [4.78, 5) is 2.73. The van der Waals surface area contributed by atoms with E-state index in [2.05, 4.69) is 42.3 Å². The van der Waals surface area contributed by atoms with Gasteiger partial charge < -0.3 is 5.32 Å². The van der Waals surface area contributed by atoms with E-state index in [4.69, 9.17) is 0 Å². The lowest BCUT2D eigenvalue weighted by Gasteiger charge is -2.41. The van der Waals surface area contributed by atoms with Gasteiger partial charge in [0.2, 0.25) is 0 Å². The molecule has 2 saturated heterocycles. The van der Waals surface area contributed by atoms with Crippen LogP contribution in [-0.2, 0) is 7.05 Å². The van der Waals surface area contributed by atoms with E-state index < -0.39 is 0 Å². The van der Waals surface area contributed by atoms with Gasteiger partial charge in [0.05, 0.1) is 5.69 Å². The van der Waals surface area contributed by atoms with Crippen LogP contribution < -0.4 is 5.32 Å². The van der Waals surface area contributed by atoms with E-state index in [1.807, 2.05) is 10.9 Å². The molecule has 112 valence electrons. The molecule has 0 aliphatic carbocycles. The van der Waals surface area contributed by atoms with Gasteiger partial charge in [0.15, 0.2) is 0 Å². The number of rotatable bonds is 5. The van der Waals surface area contributed by atoms with E-state index in [0.717, 1.165) is 18.1 Å². The molecule has 20 heavy (non-hydrogen) atoms. The standard InChI is InChI=1S/C16H28N4/c1-4-9-20(12(2)16-7-8-17-19(16)3)15-10-13-5-6-14(11-15)18-13/h7-8,12-15,18H,4-6,9-11H2,1-3H3. The molecule has 3 unspecified atom stereocenters. The minimum atomic E-state index is 0.463. The molecule has 0 saturated carbocycles. The predicted octanol–water partition coefficient (Wildman–Crippen LogP) is 2.48. The summed E-state index contributed by atoms with van der Waals surface area (Å²) in [5.41, 5.74) is 1.34. The highest BCUT2D eigenvalue weighted by Gasteiger charge is 2.37. The molecule has 3 rings (SSSR count). The molecular formula is C16H28N4. The molecule has 2 fully saturated rings. The van der Waals surface area contributed by atoms with Crippen molar-refractivity contribution in [1.82, 2.24) is 20.0 Å². The van der Waals surface area contributed by atoms with Crippen molar-refractivity contribution in [2.75, 3.05) is 6.54 Å². The molecular weight excluding hydrogens is 248 g/mol. The quantitative estimate of drug-likeness (QED) is 0.897. The molecule has 0 radical (unpaired) electrons. The zero-order valence-electron chi connectivity index (χ0n) is 13.0. The minimum Gasteiger partial charge on any atom is -0.311 e. The van der Waals surface area contributed by atoms with Crippen LogP contribution in [0.15, 0.2) is 12.3 Å². The predicted molar refractivity (Wildman–Crippen MR) is 81.6 cm³/mol. The zero-order chi connectivity index (χ0) is 14.1. The van der Waals surface area contributed by atoms with Gasteiger partial charge in [-0.25, -0.2) is 0 Å². The summed E-state index contributed by atoms with van der Waals surface area (Å²) >= 11 is 0. The van der Waals surface area contributed by atoms with Crippen molar-refractivity contribution in [2.45, 2.75) is 70.1 Å². The Kier molecular flexibility index (Phi) is 4.13. The lowest BCUT2D eigenvalue weighted by molar-refractivity contribution is 0.0973. The van der Waals surface area contributed by atoms with Crippen LogP contribution in [0.5, 0.6) is 0 Å². The van der Waals surface area contributed by atoms with E-state index in [1.165, 1.54) is 44.3 Å². The highest BCUT2D eigenvalue weighted by Crippen LogP contribution is 2.33. The van der Waals surface area contributed by atoms with Crippen LogP contribution in [0.4, 0.5) is 0 Å². The smallest absolute Gasteiger partial charge is 0.0549 e. The van der Waals surface area contributed by atoms with E-state index in [0.29, 0.717) is 6.04 Å². The average Bonchev–Trinajstić information content (AvgIpc) is 3.01. The first-order valence-electron chi connectivity index (χ1n) is 8.18. The number of hydrogen-bond donors (Lipinski definition) is 1. The first kappa shape index (κ1) is 14.1. The topological polar surface area (TPSA) is 33.1 Å². The fourth-order valence-electron chi connectivity index (χ4n) is 4.21. The maximum atomic E-state index is 4.35. The Hall–Kier alpha value is -0.870. The van der Waals surface area contributed by atoms with Crippen LogP contribution in [-0.4, -0.2) is 39.4 Å². The molecule has 3 atom stereocenters. The first-order chi connectivity index (χ1) is 9.69. The Morgan fingerprint density at radius 2 is 2.10 bits per heavy atom. The van der Waals surface area contributed by atoms with Gasteiger partial charge in [-0.3, -0.25) is 9.58 Å². The molecule has 4 nitrogen and oxygen atoms in total. The third-order valence-electron chi connectivity index (χ3n) is 5.18. The Bertz CT molecular complexity index is 429. The molecule has 1 aromatic heterocycles. The van der Waals surface area contributed by atoms with Crippen molar-refractivity contribution >= 4 is 0 Å². The van der Waals surface area contributed by atoms with Crippen molar-refractivity contribution in [3.63, 3.8) is 0 Å². The van der Waals surface area contributed by atoms with Crippen molar-refractivity contribution in [2.24, 2.45) is 7.05 Å². The number of fused-ring (bicyclic) bond motifs is 2. The largest absolute Gasteiger partial charge is 0.311 e. The van der Waals surface area contributed by atoms with Crippen LogP contribution in [0.1, 0.15) is 57.7 Å². The van der Waals surface area contributed by atoms with Gasteiger partial charge in [0.1, 0.15) is 0 Å². The third kappa shape index (κ3) is 2.63. The molecule has 2 aliphatic rings. The number of aromatic nitrogens is 2. The summed E-state index contributed by atoms with van der Waals surface area (Å²) in [5.74, 6) is 0. The number of piperidine rings is 1. The van der Waals surface area contributed by atoms with Gasteiger partial charge in [-0.05, 0) is 51.6 Å². The summed E-state index contributed by atoms with van der Waals surface area (Å²) in [7, 11) is 2.06. The second-order valence-electron chi connectivity index (χ2n) is 6.56. The summed E-state index contributed by atoms with van der Waals surface area (Å²) in [6, 6.07) is 4.89. The molecule has 1 aromatic rings. The molecule has 0 aromatic carbocycles. The number of nitrogens with zero attached hydrogens (tertiary/aromatic N) is 3. The fourth-order valence-corrected chi connectivity index (χ4v) is 4.21. The van der Waals surface area contributed by atoms with Crippen molar-refractivity contribution in [3.05, 3.63) is 18.0 Å². The third-order valence-corrected chi connectivity index (χ3v) is 5.18. The van der Waals surface area contributed by atoms with Crippen molar-refractivity contribution < 1.29 is 0 Å². The van der Waals surface area contributed by atoms with Gasteiger partial charge >= 0.3 is 0 Å². The Balaban J connectivity index is 1.76. The lowest BCUT2D eigenvalue weighted by Crippen LogP contribution is -2.49. The second-order valence-corrected chi connectivity index (χ2v) is 6.56. The van der Waals surface area contributed by atoms with E-state index in [1.54, 1.807) is 0 Å². The van der Waals surface area contributed by atoms with Crippen LogP contribution in [0, 0.1) is 0 Å². The molecule has 1 N–H and O–H groups in total. The Morgan fingerprint density at radius 3 is 2.65 bits per heavy atom. The molecule has 0 spiro atoms. The molecule has 0 amide bonds. The normalized spacial score (nSPS) is 30.9. The molecule has 4 heteroatoms. The zero-order valence-corrected chi connectivity index (χ0v) is 13.0. The summed E-state index contributed by atoms with van der Waals surface area (Å²) in [6.07, 6.45) is 8.53. The van der Waals surface area contributed by atoms with Gasteiger partial charge in [-0.15, -0.1) is 0 Å². The van der Waals surface area contributed by atoms with Crippen LogP contribution in [0.3, 0.4) is 0 Å². The second kappa shape index (κ2) is 5.86. The SMILES string of the molecule is CCCN(C1CC2CCC(C1)N2)C(C)c1ccnn1C. The highest BCUT2D eigenvalue weighted by molar-refractivity contribution is 5.07. The van der Waals surface area contributed by atoms with Crippen molar-refractivity contribution in [3.8, 4) is 0 Å². The Morgan fingerprint density at radius 1 is 1.40 bits per heavy atom. The highest BCUT2D eigenvalue weighted by atomic mass is 15.3. The van der Waals surface area contributed by atoms with E-state index in [9.17, 15) is 0 Å². The average molecular weight is 276 g/mol. The van der Waals surface area contributed by atoms with Gasteiger partial charge in [0, 0.05) is 37.4 Å². The summed E-state index contributed by atoms with van der Waals surface area (Å²) < 4.78 is 2.03. The Labute approximate surface area is 122 Å². The van der Waals surface area contributed by atoms with Gasteiger partial charge in [-0.2, -0.15) is 5.10 Å². The monoisotopic (exact) mass is 276 g/mol. The summed E-state index contributed by atoms with van der Waals surface area (Å²) in [5, 5.41) is 8.10. The molecule has 3 heterocycles. The maximum absolute atomic E-state index is 4.35. The summed E-state index contributed by atoms with van der Waals surface area (Å²) in [6.45, 7) is 5.83. The molecule has 2 aliphatic heterocycles. The van der Waals surface area contributed by atoms with E-state index >= 15 is 0 Å². The number of nitrogens with one attached hydrogen (secondary N) is 1. The van der Waals surface area contributed by atoms with Crippen LogP contribution >= 0.6 is 0 Å².